The van der Waals surface area contributed by atoms with Crippen LogP contribution in [0.4, 0.5) is 5.69 Å². The van der Waals surface area contributed by atoms with E-state index in [-0.39, 0.29) is 12.3 Å². The van der Waals surface area contributed by atoms with E-state index in [1.807, 2.05) is 30.5 Å². The molecule has 1 aromatic heterocycles. The van der Waals surface area contributed by atoms with E-state index in [4.69, 9.17) is 4.74 Å². The number of nitrogens with zero attached hydrogens (tertiary/aromatic N) is 2. The molecule has 8 nitrogen and oxygen atoms in total. The van der Waals surface area contributed by atoms with Gasteiger partial charge in [-0.05, 0) is 37.1 Å². The molecule has 0 atom stereocenters. The maximum Gasteiger partial charge on any atom is 0.277 e. The molecule has 27 heavy (non-hydrogen) atoms. The van der Waals surface area contributed by atoms with Crippen molar-refractivity contribution < 1.29 is 14.5 Å². The Hall–Kier alpha value is -3.68. The summed E-state index contributed by atoms with van der Waals surface area (Å²) in [6.45, 7) is 3.15. The lowest BCUT2D eigenvalue weighted by Gasteiger charge is -2.11. The quantitative estimate of drug-likeness (QED) is 0.396. The number of ether oxygens (including phenoxy) is 1. The summed E-state index contributed by atoms with van der Waals surface area (Å²) in [5, 5.41) is 15.8. The summed E-state index contributed by atoms with van der Waals surface area (Å²) in [6.07, 6.45) is 3.40. The van der Waals surface area contributed by atoms with E-state index in [1.54, 1.807) is 20.1 Å². The van der Waals surface area contributed by atoms with Crippen LogP contribution in [-0.2, 0) is 4.79 Å². The number of carbonyl (C=O) groups is 1. The van der Waals surface area contributed by atoms with Crippen LogP contribution in [0.2, 0.25) is 0 Å². The largest absolute Gasteiger partial charge is 0.483 e. The molecule has 2 aromatic carbocycles. The Morgan fingerprint density at radius 2 is 2.04 bits per heavy atom. The summed E-state index contributed by atoms with van der Waals surface area (Å²) in [6, 6.07) is 10.5. The van der Waals surface area contributed by atoms with Crippen LogP contribution in [0, 0.1) is 24.0 Å². The third kappa shape index (κ3) is 4.12. The van der Waals surface area contributed by atoms with E-state index in [1.165, 1.54) is 12.1 Å². The van der Waals surface area contributed by atoms with Gasteiger partial charge < -0.3 is 9.72 Å². The maximum absolute atomic E-state index is 12.0. The van der Waals surface area contributed by atoms with Crippen molar-refractivity contribution in [1.82, 2.24) is 10.4 Å². The molecule has 0 bridgehead atoms. The first-order valence-electron chi connectivity index (χ1n) is 8.22. The minimum atomic E-state index is -0.462. The number of hydrogen-bond donors (Lipinski definition) is 2. The number of fused-ring (bicyclic) bond motifs is 1. The number of aromatic amines is 1. The summed E-state index contributed by atoms with van der Waals surface area (Å²) in [5.74, 6) is 0.0291. The molecule has 0 unspecified atom stereocenters. The number of nitro benzene ring substituents is 1. The molecule has 3 rings (SSSR count). The highest BCUT2D eigenvalue weighted by Gasteiger charge is 2.14. The Morgan fingerprint density at radius 3 is 2.74 bits per heavy atom. The van der Waals surface area contributed by atoms with Crippen molar-refractivity contribution in [3.05, 3.63) is 69.4 Å². The molecule has 0 aliphatic heterocycles. The van der Waals surface area contributed by atoms with Crippen LogP contribution >= 0.6 is 0 Å². The molecule has 138 valence electrons. The second-order valence-corrected chi connectivity index (χ2v) is 6.03. The molecule has 0 radical (unpaired) electrons. The number of non-ortho nitro benzene ring substituents is 1. The van der Waals surface area contributed by atoms with Gasteiger partial charge in [-0.15, -0.1) is 0 Å². The van der Waals surface area contributed by atoms with E-state index in [0.717, 1.165) is 16.5 Å². The summed E-state index contributed by atoms with van der Waals surface area (Å²) in [7, 11) is 0. The fourth-order valence-electron chi connectivity index (χ4n) is 2.83. The second kappa shape index (κ2) is 7.69. The van der Waals surface area contributed by atoms with E-state index in [9.17, 15) is 14.9 Å². The molecule has 0 aliphatic carbocycles. The van der Waals surface area contributed by atoms with Crippen molar-refractivity contribution in [3.63, 3.8) is 0 Å². The van der Waals surface area contributed by atoms with Crippen LogP contribution in [-0.4, -0.2) is 28.6 Å². The van der Waals surface area contributed by atoms with Gasteiger partial charge in [-0.1, -0.05) is 12.1 Å². The van der Waals surface area contributed by atoms with Gasteiger partial charge in [-0.2, -0.15) is 5.10 Å². The van der Waals surface area contributed by atoms with Crippen molar-refractivity contribution in [3.8, 4) is 5.75 Å². The Kier molecular flexibility index (Phi) is 5.16. The van der Waals surface area contributed by atoms with Gasteiger partial charge in [-0.25, -0.2) is 5.43 Å². The lowest BCUT2D eigenvalue weighted by Crippen LogP contribution is -2.25. The minimum absolute atomic E-state index is 0.00895. The van der Waals surface area contributed by atoms with Crippen molar-refractivity contribution in [1.29, 1.82) is 0 Å². The Bertz CT molecular complexity index is 1020. The number of aryl methyl sites for hydroxylation is 2. The van der Waals surface area contributed by atoms with Gasteiger partial charge in [0, 0.05) is 34.8 Å². The van der Waals surface area contributed by atoms with Gasteiger partial charge in [-0.3, -0.25) is 14.9 Å². The molecule has 0 saturated heterocycles. The zero-order valence-corrected chi connectivity index (χ0v) is 14.9. The number of carbonyl (C=O) groups excluding carboxylic acids is 1. The molecule has 3 aromatic rings. The number of hydrazone groups is 1. The number of nitro groups is 1. The van der Waals surface area contributed by atoms with Gasteiger partial charge in [0.2, 0.25) is 0 Å². The minimum Gasteiger partial charge on any atom is -0.483 e. The predicted molar refractivity (Wildman–Crippen MR) is 102 cm³/mol. The first-order chi connectivity index (χ1) is 13.0. The SMILES string of the molecule is Cc1cc([N+](=O)[O-])cc(C)c1OCC(=O)NN=Cc1cccc2[nH]ccc12. The summed E-state index contributed by atoms with van der Waals surface area (Å²) in [4.78, 5) is 25.5. The van der Waals surface area contributed by atoms with E-state index >= 15 is 0 Å². The number of aromatic nitrogens is 1. The Balaban J connectivity index is 1.60. The number of rotatable bonds is 6. The van der Waals surface area contributed by atoms with E-state index in [0.29, 0.717) is 16.9 Å². The number of benzene rings is 2. The topological polar surface area (TPSA) is 110 Å². The molecule has 2 N–H and O–H groups in total. The number of nitrogens with one attached hydrogen (secondary N) is 2. The van der Waals surface area contributed by atoms with Crippen molar-refractivity contribution in [2.45, 2.75) is 13.8 Å². The van der Waals surface area contributed by atoms with Crippen LogP contribution in [0.3, 0.4) is 0 Å². The molecule has 0 spiro atoms. The molecule has 0 fully saturated rings. The van der Waals surface area contributed by atoms with Gasteiger partial charge in [0.1, 0.15) is 5.75 Å². The molecular formula is C19H18N4O4. The molecule has 1 heterocycles. The monoisotopic (exact) mass is 366 g/mol. The molecule has 1 amide bonds. The first-order valence-corrected chi connectivity index (χ1v) is 8.22. The summed E-state index contributed by atoms with van der Waals surface area (Å²) < 4.78 is 5.51. The second-order valence-electron chi connectivity index (χ2n) is 6.03. The van der Waals surface area contributed by atoms with Gasteiger partial charge >= 0.3 is 0 Å². The third-order valence-corrected chi connectivity index (χ3v) is 4.03. The highest BCUT2D eigenvalue weighted by Crippen LogP contribution is 2.28. The average Bonchev–Trinajstić information content (AvgIpc) is 3.10. The fraction of sp³-hybridized carbons (Fsp3) is 0.158. The van der Waals surface area contributed by atoms with Gasteiger partial charge in [0.05, 0.1) is 11.1 Å². The van der Waals surface area contributed by atoms with E-state index < -0.39 is 10.8 Å². The zero-order chi connectivity index (χ0) is 19.4. The smallest absolute Gasteiger partial charge is 0.277 e. The number of hydrogen-bond acceptors (Lipinski definition) is 5. The van der Waals surface area contributed by atoms with Crippen LogP contribution in [0.15, 0.2) is 47.7 Å². The van der Waals surface area contributed by atoms with Crippen LogP contribution < -0.4 is 10.2 Å². The Morgan fingerprint density at radius 1 is 1.30 bits per heavy atom. The van der Waals surface area contributed by atoms with Crippen LogP contribution in [0.25, 0.3) is 10.9 Å². The lowest BCUT2D eigenvalue weighted by molar-refractivity contribution is -0.385. The highest BCUT2D eigenvalue weighted by molar-refractivity contribution is 5.98. The normalized spacial score (nSPS) is 11.0. The highest BCUT2D eigenvalue weighted by atomic mass is 16.6. The van der Waals surface area contributed by atoms with Crippen molar-refractivity contribution >= 4 is 28.7 Å². The predicted octanol–water partition coefficient (Wildman–Crippen LogP) is 3.22. The lowest BCUT2D eigenvalue weighted by atomic mass is 10.1. The Labute approximate surface area is 155 Å². The molecular weight excluding hydrogens is 348 g/mol. The summed E-state index contributed by atoms with van der Waals surface area (Å²) >= 11 is 0. The fourth-order valence-corrected chi connectivity index (χ4v) is 2.83. The molecule has 8 heteroatoms. The van der Waals surface area contributed by atoms with Gasteiger partial charge in [0.15, 0.2) is 6.61 Å². The van der Waals surface area contributed by atoms with Crippen LogP contribution in [0.5, 0.6) is 5.75 Å². The average molecular weight is 366 g/mol. The van der Waals surface area contributed by atoms with Crippen molar-refractivity contribution in [2.75, 3.05) is 6.61 Å². The third-order valence-electron chi connectivity index (χ3n) is 4.03. The standard InChI is InChI=1S/C19H18N4O4/c1-12-8-15(23(25)26)9-13(2)19(12)27-11-18(24)22-21-10-14-4-3-5-17-16(14)6-7-20-17/h3-10,20H,11H2,1-2H3,(H,22,24). The van der Waals surface area contributed by atoms with Crippen molar-refractivity contribution in [2.24, 2.45) is 5.10 Å². The van der Waals surface area contributed by atoms with E-state index in [2.05, 4.69) is 15.5 Å². The number of amides is 1. The maximum atomic E-state index is 12.0. The summed E-state index contributed by atoms with van der Waals surface area (Å²) in [5.41, 5.74) is 5.45. The molecule has 0 saturated carbocycles. The van der Waals surface area contributed by atoms with Crippen LogP contribution in [0.1, 0.15) is 16.7 Å². The van der Waals surface area contributed by atoms with Gasteiger partial charge in [0.25, 0.3) is 11.6 Å². The molecule has 0 aliphatic rings. The first kappa shape index (κ1) is 18.1. The zero-order valence-electron chi connectivity index (χ0n) is 14.9. The number of H-pyrrole nitrogens is 1.